The van der Waals surface area contributed by atoms with Crippen LogP contribution < -0.4 is 15.8 Å². The number of rotatable bonds is 11. The molecule has 0 aliphatic rings. The maximum Gasteiger partial charge on any atom is 0.303 e. The van der Waals surface area contributed by atoms with Crippen LogP contribution in [-0.2, 0) is 4.79 Å². The highest BCUT2D eigenvalue weighted by atomic mass is 16.5. The number of nitrogen functional groups attached to an aromatic ring is 1. The van der Waals surface area contributed by atoms with Gasteiger partial charge in [-0.3, -0.25) is 4.79 Å². The summed E-state index contributed by atoms with van der Waals surface area (Å²) in [5.74, 6) is 3.11. The molecule has 0 radical (unpaired) electrons. The van der Waals surface area contributed by atoms with Gasteiger partial charge in [-0.1, -0.05) is 31.2 Å². The zero-order valence-electron chi connectivity index (χ0n) is 17.3. The highest BCUT2D eigenvalue weighted by molar-refractivity contribution is 5.94. The summed E-state index contributed by atoms with van der Waals surface area (Å²) in [7, 11) is 0. The van der Waals surface area contributed by atoms with Gasteiger partial charge in [0.1, 0.15) is 17.9 Å². The van der Waals surface area contributed by atoms with Crippen molar-refractivity contribution >= 4 is 34.1 Å². The van der Waals surface area contributed by atoms with Crippen LogP contribution in [0.4, 0.5) is 17.2 Å². The molecule has 0 amide bonds. The molecule has 0 spiro atoms. The van der Waals surface area contributed by atoms with Crippen molar-refractivity contribution in [2.45, 2.75) is 38.5 Å². The number of ether oxygens (including phenoxy) is 1. The molecule has 160 valence electrons. The number of hydrogen-bond donors (Lipinski definition) is 3. The third kappa shape index (κ3) is 6.34. The average Bonchev–Trinajstić information content (AvgIpc) is 2.76. The molecule has 1 aromatic heterocycles. The maximum atomic E-state index is 10.5. The monoisotopic (exact) mass is 418 g/mol. The molecule has 0 saturated heterocycles. The Morgan fingerprint density at radius 3 is 2.74 bits per heavy atom. The molecular weight excluding hydrogens is 392 g/mol. The highest BCUT2D eigenvalue weighted by Gasteiger charge is 2.10. The number of carboxylic acids is 1. The van der Waals surface area contributed by atoms with E-state index in [1.54, 1.807) is 0 Å². The van der Waals surface area contributed by atoms with E-state index in [-0.39, 0.29) is 6.42 Å². The summed E-state index contributed by atoms with van der Waals surface area (Å²) in [6.45, 7) is 0.545. The van der Waals surface area contributed by atoms with Crippen LogP contribution in [0.5, 0.6) is 5.75 Å². The van der Waals surface area contributed by atoms with Gasteiger partial charge in [-0.15, -0.1) is 6.42 Å². The molecule has 2 aromatic carbocycles. The van der Waals surface area contributed by atoms with E-state index in [1.807, 2.05) is 36.4 Å². The number of unbranched alkanes of at least 4 members (excludes halogenated alkanes) is 4. The molecule has 7 nitrogen and oxygen atoms in total. The van der Waals surface area contributed by atoms with Crippen molar-refractivity contribution in [3.63, 3.8) is 0 Å². The Balaban J connectivity index is 1.60. The number of nitrogens with two attached hydrogens (primary N) is 1. The smallest absolute Gasteiger partial charge is 0.303 e. The van der Waals surface area contributed by atoms with Gasteiger partial charge in [0, 0.05) is 29.1 Å². The molecule has 0 fully saturated rings. The van der Waals surface area contributed by atoms with Crippen molar-refractivity contribution in [2.75, 3.05) is 17.7 Å². The second-order valence-corrected chi connectivity index (χ2v) is 7.24. The molecule has 0 bridgehead atoms. The number of anilines is 3. The van der Waals surface area contributed by atoms with E-state index in [9.17, 15) is 4.79 Å². The van der Waals surface area contributed by atoms with Crippen LogP contribution in [0.3, 0.4) is 0 Å². The minimum absolute atomic E-state index is 0.234. The molecule has 7 heteroatoms. The van der Waals surface area contributed by atoms with Crippen LogP contribution in [0, 0.1) is 12.3 Å². The van der Waals surface area contributed by atoms with Crippen molar-refractivity contribution in [3.05, 3.63) is 48.3 Å². The standard InChI is InChI=1S/C24H26N4O3/c1-2-17-9-8-10-18(13-17)28-24-19-14-20(25)22(15-21(19)26-16-27-24)31-12-7-5-3-4-6-11-23(29)30/h1,8-10,13-16H,3-7,11-12,25H2,(H,29,30)(H,26,27,28). The van der Waals surface area contributed by atoms with Crippen LogP contribution in [-0.4, -0.2) is 27.7 Å². The largest absolute Gasteiger partial charge is 0.491 e. The Labute approximate surface area is 181 Å². The van der Waals surface area contributed by atoms with Gasteiger partial charge in [0.2, 0.25) is 0 Å². The van der Waals surface area contributed by atoms with Gasteiger partial charge in [0.25, 0.3) is 0 Å². The first-order valence-corrected chi connectivity index (χ1v) is 10.3. The Morgan fingerprint density at radius 2 is 1.94 bits per heavy atom. The van der Waals surface area contributed by atoms with Crippen LogP contribution in [0.2, 0.25) is 0 Å². The average molecular weight is 418 g/mol. The number of benzene rings is 2. The summed E-state index contributed by atoms with van der Waals surface area (Å²) >= 11 is 0. The number of nitrogens with zero attached hydrogens (tertiary/aromatic N) is 2. The lowest BCUT2D eigenvalue weighted by Crippen LogP contribution is -2.02. The molecule has 4 N–H and O–H groups in total. The van der Waals surface area contributed by atoms with E-state index < -0.39 is 5.97 Å². The third-order valence-corrected chi connectivity index (χ3v) is 4.85. The first kappa shape index (κ1) is 21.9. The summed E-state index contributed by atoms with van der Waals surface area (Å²) in [4.78, 5) is 19.2. The Bertz CT molecular complexity index is 1090. The van der Waals surface area contributed by atoms with E-state index in [4.69, 9.17) is 22.0 Å². The molecule has 0 aliphatic carbocycles. The zero-order valence-corrected chi connectivity index (χ0v) is 17.3. The topological polar surface area (TPSA) is 110 Å². The van der Waals surface area contributed by atoms with Crippen molar-refractivity contribution in [1.29, 1.82) is 0 Å². The van der Waals surface area contributed by atoms with E-state index in [1.165, 1.54) is 6.33 Å². The Kier molecular flexibility index (Phi) is 7.66. The molecule has 1 heterocycles. The van der Waals surface area contributed by atoms with Gasteiger partial charge in [-0.25, -0.2) is 9.97 Å². The number of carboxylic acid groups (broad SMARTS) is 1. The lowest BCUT2D eigenvalue weighted by atomic mass is 10.1. The summed E-state index contributed by atoms with van der Waals surface area (Å²) in [6, 6.07) is 11.2. The van der Waals surface area contributed by atoms with Gasteiger partial charge in [-0.05, 0) is 37.1 Å². The molecule has 0 saturated carbocycles. The summed E-state index contributed by atoms with van der Waals surface area (Å²) < 4.78 is 5.86. The fraction of sp³-hybridized carbons (Fsp3) is 0.292. The molecule has 31 heavy (non-hydrogen) atoms. The van der Waals surface area contributed by atoms with E-state index >= 15 is 0 Å². The molecule has 0 aliphatic heterocycles. The van der Waals surface area contributed by atoms with Gasteiger partial charge in [0.05, 0.1) is 17.8 Å². The number of aliphatic carboxylic acids is 1. The number of terminal acetylenes is 1. The van der Waals surface area contributed by atoms with Crippen LogP contribution in [0.15, 0.2) is 42.7 Å². The predicted molar refractivity (Wildman–Crippen MR) is 122 cm³/mol. The first-order chi connectivity index (χ1) is 15.1. The quantitative estimate of drug-likeness (QED) is 0.234. The maximum absolute atomic E-state index is 10.5. The van der Waals surface area contributed by atoms with E-state index in [0.29, 0.717) is 23.9 Å². The second kappa shape index (κ2) is 10.8. The zero-order chi connectivity index (χ0) is 22.1. The van der Waals surface area contributed by atoms with Gasteiger partial charge < -0.3 is 20.9 Å². The fourth-order valence-electron chi connectivity index (χ4n) is 3.24. The summed E-state index contributed by atoms with van der Waals surface area (Å²) in [6.07, 6.45) is 11.7. The number of fused-ring (bicyclic) bond motifs is 1. The third-order valence-electron chi connectivity index (χ3n) is 4.85. The van der Waals surface area contributed by atoms with Gasteiger partial charge in [0.15, 0.2) is 0 Å². The first-order valence-electron chi connectivity index (χ1n) is 10.3. The summed E-state index contributed by atoms with van der Waals surface area (Å²) in [5.41, 5.74) is 9.07. The Morgan fingerprint density at radius 1 is 1.13 bits per heavy atom. The highest BCUT2D eigenvalue weighted by Crippen LogP contribution is 2.31. The number of carbonyl (C=O) groups is 1. The molecule has 0 unspecified atom stereocenters. The molecule has 0 atom stereocenters. The van der Waals surface area contributed by atoms with Gasteiger partial charge in [-0.2, -0.15) is 0 Å². The predicted octanol–water partition coefficient (Wildman–Crippen LogP) is 4.74. The van der Waals surface area contributed by atoms with Crippen LogP contribution in [0.1, 0.15) is 44.1 Å². The number of nitrogens with one attached hydrogen (secondary N) is 1. The normalized spacial score (nSPS) is 10.5. The Hall–Kier alpha value is -3.79. The number of aromatic nitrogens is 2. The second-order valence-electron chi connectivity index (χ2n) is 7.24. The lowest BCUT2D eigenvalue weighted by Gasteiger charge is -2.13. The summed E-state index contributed by atoms with van der Waals surface area (Å²) in [5, 5.41) is 12.7. The van der Waals surface area contributed by atoms with Crippen LogP contribution in [0.25, 0.3) is 10.9 Å². The lowest BCUT2D eigenvalue weighted by molar-refractivity contribution is -0.137. The minimum atomic E-state index is -0.738. The SMILES string of the molecule is C#Cc1cccc(Nc2ncnc3cc(OCCCCCCCC(=O)O)c(N)cc23)c1. The van der Waals surface area contributed by atoms with E-state index in [0.717, 1.165) is 54.3 Å². The number of hydrogen-bond acceptors (Lipinski definition) is 6. The van der Waals surface area contributed by atoms with Crippen molar-refractivity contribution in [2.24, 2.45) is 0 Å². The fourth-order valence-corrected chi connectivity index (χ4v) is 3.24. The van der Waals surface area contributed by atoms with Crippen molar-refractivity contribution < 1.29 is 14.6 Å². The minimum Gasteiger partial charge on any atom is -0.491 e. The van der Waals surface area contributed by atoms with Crippen molar-refractivity contribution in [3.8, 4) is 18.1 Å². The van der Waals surface area contributed by atoms with Crippen molar-refractivity contribution in [1.82, 2.24) is 9.97 Å². The van der Waals surface area contributed by atoms with Crippen LogP contribution >= 0.6 is 0 Å². The van der Waals surface area contributed by atoms with Gasteiger partial charge >= 0.3 is 5.97 Å². The van der Waals surface area contributed by atoms with E-state index in [2.05, 4.69) is 21.2 Å². The molecular formula is C24H26N4O3. The molecule has 3 aromatic rings. The molecule has 3 rings (SSSR count).